The van der Waals surface area contributed by atoms with Gasteiger partial charge in [0.05, 0.1) is 18.1 Å². The molecule has 2 aromatic rings. The van der Waals surface area contributed by atoms with Gasteiger partial charge in [-0.3, -0.25) is 9.59 Å². The molecule has 0 fully saturated rings. The number of hydrogen-bond donors (Lipinski definition) is 2. The lowest BCUT2D eigenvalue weighted by Crippen LogP contribution is -2.26. The zero-order valence-corrected chi connectivity index (χ0v) is 10.1. The molecule has 0 saturated heterocycles. The quantitative estimate of drug-likeness (QED) is 0.797. The van der Waals surface area contributed by atoms with Crippen molar-refractivity contribution < 1.29 is 14.7 Å². The molecule has 1 unspecified atom stereocenters. The molecule has 0 aliphatic carbocycles. The van der Waals surface area contributed by atoms with Gasteiger partial charge in [0.1, 0.15) is 5.92 Å². The molecule has 1 aromatic carbocycles. The molecule has 0 radical (unpaired) electrons. The first-order chi connectivity index (χ1) is 9.08. The molecule has 19 heavy (non-hydrogen) atoms. The maximum atomic E-state index is 11.5. The molecule has 98 valence electrons. The third-order valence-corrected chi connectivity index (χ3v) is 2.55. The minimum Gasteiger partial charge on any atom is -0.481 e. The largest absolute Gasteiger partial charge is 0.481 e. The van der Waals surface area contributed by atoms with Gasteiger partial charge in [-0.25, -0.2) is 0 Å². The Morgan fingerprint density at radius 3 is 2.32 bits per heavy atom. The lowest BCUT2D eigenvalue weighted by molar-refractivity contribution is -0.144. The third-order valence-electron chi connectivity index (χ3n) is 2.55. The summed E-state index contributed by atoms with van der Waals surface area (Å²) < 4.78 is 0. The molecule has 7 nitrogen and oxygen atoms in total. The fourth-order valence-electron chi connectivity index (χ4n) is 1.39. The third kappa shape index (κ3) is 2.95. The van der Waals surface area contributed by atoms with Crippen LogP contribution >= 0.6 is 0 Å². The second kappa shape index (κ2) is 5.30. The molecule has 0 bridgehead atoms. The van der Waals surface area contributed by atoms with Gasteiger partial charge in [-0.15, -0.1) is 0 Å². The van der Waals surface area contributed by atoms with E-state index in [0.717, 1.165) is 5.69 Å². The van der Waals surface area contributed by atoms with Crippen molar-refractivity contribution in [3.8, 4) is 5.69 Å². The standard InChI is InChI=1S/C12H12N4O3/c1-8(12(18)19)11(17)15-9-2-4-10(5-3-9)16-13-6-7-14-16/h2-8H,1H3,(H,15,17)(H,18,19). The van der Waals surface area contributed by atoms with Crippen molar-refractivity contribution in [1.29, 1.82) is 0 Å². The van der Waals surface area contributed by atoms with Crippen molar-refractivity contribution in [1.82, 2.24) is 15.0 Å². The number of aromatic nitrogens is 3. The number of carbonyl (C=O) groups is 2. The first-order valence-corrected chi connectivity index (χ1v) is 5.58. The molecule has 0 aliphatic heterocycles. The Morgan fingerprint density at radius 1 is 1.21 bits per heavy atom. The highest BCUT2D eigenvalue weighted by Crippen LogP contribution is 2.12. The summed E-state index contributed by atoms with van der Waals surface area (Å²) in [6, 6.07) is 6.76. The molecule has 1 atom stereocenters. The minimum absolute atomic E-state index is 0.522. The number of carbonyl (C=O) groups excluding carboxylic acids is 1. The SMILES string of the molecule is CC(C(=O)O)C(=O)Nc1ccc(-n2nccn2)cc1. The van der Waals surface area contributed by atoms with Gasteiger partial charge in [0, 0.05) is 5.69 Å². The van der Waals surface area contributed by atoms with Gasteiger partial charge >= 0.3 is 5.97 Å². The Bertz CT molecular complexity index is 578. The topological polar surface area (TPSA) is 97.1 Å². The van der Waals surface area contributed by atoms with Crippen LogP contribution in [0.3, 0.4) is 0 Å². The van der Waals surface area contributed by atoms with Gasteiger partial charge < -0.3 is 10.4 Å². The van der Waals surface area contributed by atoms with Gasteiger partial charge in [-0.1, -0.05) is 0 Å². The van der Waals surface area contributed by atoms with Crippen LogP contribution in [0.5, 0.6) is 0 Å². The molecule has 0 aliphatic rings. The fraction of sp³-hybridized carbons (Fsp3) is 0.167. The van der Waals surface area contributed by atoms with E-state index in [1.165, 1.54) is 11.7 Å². The molecule has 0 spiro atoms. The summed E-state index contributed by atoms with van der Waals surface area (Å²) in [4.78, 5) is 23.6. The second-order valence-corrected chi connectivity index (χ2v) is 3.91. The maximum Gasteiger partial charge on any atom is 0.315 e. The van der Waals surface area contributed by atoms with E-state index in [9.17, 15) is 9.59 Å². The monoisotopic (exact) mass is 260 g/mol. The Kier molecular flexibility index (Phi) is 3.56. The van der Waals surface area contributed by atoms with Gasteiger partial charge in [0.25, 0.3) is 0 Å². The van der Waals surface area contributed by atoms with Crippen LogP contribution in [-0.4, -0.2) is 32.0 Å². The van der Waals surface area contributed by atoms with Crippen LogP contribution in [0, 0.1) is 5.92 Å². The fourth-order valence-corrected chi connectivity index (χ4v) is 1.39. The van der Waals surface area contributed by atoms with E-state index in [-0.39, 0.29) is 0 Å². The van der Waals surface area contributed by atoms with Crippen LogP contribution in [0.4, 0.5) is 5.69 Å². The molecule has 7 heteroatoms. The number of rotatable bonds is 4. The first kappa shape index (κ1) is 12.7. The highest BCUT2D eigenvalue weighted by Gasteiger charge is 2.20. The van der Waals surface area contributed by atoms with Crippen molar-refractivity contribution in [3.05, 3.63) is 36.7 Å². The Labute approximate surface area is 108 Å². The van der Waals surface area contributed by atoms with Crippen molar-refractivity contribution in [2.24, 2.45) is 5.92 Å². The summed E-state index contributed by atoms with van der Waals surface area (Å²) >= 11 is 0. The van der Waals surface area contributed by atoms with Crippen molar-refractivity contribution in [2.45, 2.75) is 6.92 Å². The number of aliphatic carboxylic acids is 1. The van der Waals surface area contributed by atoms with Gasteiger partial charge in [0.2, 0.25) is 5.91 Å². The highest BCUT2D eigenvalue weighted by atomic mass is 16.4. The summed E-state index contributed by atoms with van der Waals surface area (Å²) in [7, 11) is 0. The second-order valence-electron chi connectivity index (χ2n) is 3.91. The summed E-state index contributed by atoms with van der Waals surface area (Å²) in [5.41, 5.74) is 1.27. The molecular formula is C12H12N4O3. The van der Waals surface area contributed by atoms with Gasteiger partial charge in [0.15, 0.2) is 0 Å². The highest BCUT2D eigenvalue weighted by molar-refractivity contribution is 6.03. The molecule has 2 N–H and O–H groups in total. The minimum atomic E-state index is -1.16. The van der Waals surface area contributed by atoms with Crippen LogP contribution in [0.15, 0.2) is 36.7 Å². The Hall–Kier alpha value is -2.70. The van der Waals surface area contributed by atoms with E-state index in [2.05, 4.69) is 15.5 Å². The zero-order chi connectivity index (χ0) is 13.8. The Morgan fingerprint density at radius 2 is 1.79 bits per heavy atom. The number of nitrogens with zero attached hydrogens (tertiary/aromatic N) is 3. The van der Waals surface area contributed by atoms with Crippen LogP contribution in [0.1, 0.15) is 6.92 Å². The lowest BCUT2D eigenvalue weighted by Gasteiger charge is -2.08. The Balaban J connectivity index is 2.07. The van der Waals surface area contributed by atoms with E-state index in [1.54, 1.807) is 36.7 Å². The predicted molar refractivity (Wildman–Crippen MR) is 66.8 cm³/mol. The van der Waals surface area contributed by atoms with Crippen LogP contribution in [0.25, 0.3) is 5.69 Å². The molecule has 1 aromatic heterocycles. The van der Waals surface area contributed by atoms with E-state index in [4.69, 9.17) is 5.11 Å². The smallest absolute Gasteiger partial charge is 0.315 e. The van der Waals surface area contributed by atoms with E-state index >= 15 is 0 Å². The van der Waals surface area contributed by atoms with E-state index in [0.29, 0.717) is 5.69 Å². The first-order valence-electron chi connectivity index (χ1n) is 5.58. The number of amides is 1. The van der Waals surface area contributed by atoms with E-state index in [1.807, 2.05) is 0 Å². The molecule has 1 heterocycles. The number of anilines is 1. The maximum absolute atomic E-state index is 11.5. The summed E-state index contributed by atoms with van der Waals surface area (Å²) in [5, 5.41) is 19.2. The van der Waals surface area contributed by atoms with Gasteiger partial charge in [-0.2, -0.15) is 15.0 Å². The van der Waals surface area contributed by atoms with Crippen molar-refractivity contribution in [2.75, 3.05) is 5.32 Å². The number of nitrogens with one attached hydrogen (secondary N) is 1. The number of hydrogen-bond acceptors (Lipinski definition) is 4. The van der Waals surface area contributed by atoms with Crippen molar-refractivity contribution in [3.63, 3.8) is 0 Å². The van der Waals surface area contributed by atoms with Crippen LogP contribution < -0.4 is 5.32 Å². The summed E-state index contributed by atoms with van der Waals surface area (Å²) in [5.74, 6) is -2.81. The number of benzene rings is 1. The normalized spacial score (nSPS) is 11.8. The average Bonchev–Trinajstić information content (AvgIpc) is 2.92. The molecule has 1 amide bonds. The lowest BCUT2D eigenvalue weighted by atomic mass is 10.1. The summed E-state index contributed by atoms with van der Waals surface area (Å²) in [6.45, 7) is 1.33. The molecule has 0 saturated carbocycles. The van der Waals surface area contributed by atoms with E-state index < -0.39 is 17.8 Å². The van der Waals surface area contributed by atoms with Gasteiger partial charge in [-0.05, 0) is 31.2 Å². The predicted octanol–water partition coefficient (Wildman–Crippen LogP) is 0.926. The average molecular weight is 260 g/mol. The van der Waals surface area contributed by atoms with Crippen molar-refractivity contribution >= 4 is 17.6 Å². The number of carboxylic acids is 1. The number of carboxylic acid groups (broad SMARTS) is 1. The summed E-state index contributed by atoms with van der Waals surface area (Å²) in [6.07, 6.45) is 3.12. The van der Waals surface area contributed by atoms with Crippen LogP contribution in [-0.2, 0) is 9.59 Å². The zero-order valence-electron chi connectivity index (χ0n) is 10.1. The van der Waals surface area contributed by atoms with Crippen LogP contribution in [0.2, 0.25) is 0 Å². The molecule has 2 rings (SSSR count). The molecular weight excluding hydrogens is 248 g/mol.